The second kappa shape index (κ2) is 10.6. The van der Waals surface area contributed by atoms with Crippen LogP contribution in [0.4, 0.5) is 5.95 Å². The molecule has 1 saturated carbocycles. The summed E-state index contributed by atoms with van der Waals surface area (Å²) in [6.07, 6.45) is 10.3. The highest BCUT2D eigenvalue weighted by Crippen LogP contribution is 2.41. The van der Waals surface area contributed by atoms with Crippen molar-refractivity contribution in [1.29, 1.82) is 0 Å². The molecule has 7 nitrogen and oxygen atoms in total. The number of guanidine groups is 1. The quantitative estimate of drug-likeness (QED) is 0.526. The fraction of sp³-hybridized carbons (Fsp3) is 0.762. The Labute approximate surface area is 170 Å². The van der Waals surface area contributed by atoms with E-state index in [9.17, 15) is 0 Å². The zero-order chi connectivity index (χ0) is 19.7. The first kappa shape index (κ1) is 20.8. The van der Waals surface area contributed by atoms with Crippen molar-refractivity contribution in [1.82, 2.24) is 25.5 Å². The minimum absolute atomic E-state index is 0.443. The van der Waals surface area contributed by atoms with E-state index in [0.29, 0.717) is 5.41 Å². The fourth-order valence-corrected chi connectivity index (χ4v) is 4.30. The van der Waals surface area contributed by atoms with Crippen LogP contribution in [0.3, 0.4) is 0 Å². The van der Waals surface area contributed by atoms with Gasteiger partial charge in [0.1, 0.15) is 0 Å². The van der Waals surface area contributed by atoms with E-state index in [1.165, 1.54) is 32.1 Å². The van der Waals surface area contributed by atoms with Crippen LogP contribution < -0.4 is 15.5 Å². The molecule has 3 rings (SSSR count). The molecule has 7 heteroatoms. The lowest BCUT2D eigenvalue weighted by atomic mass is 9.84. The van der Waals surface area contributed by atoms with Crippen molar-refractivity contribution in [2.24, 2.45) is 10.4 Å². The highest BCUT2D eigenvalue weighted by molar-refractivity contribution is 5.79. The van der Waals surface area contributed by atoms with E-state index >= 15 is 0 Å². The summed E-state index contributed by atoms with van der Waals surface area (Å²) in [6, 6.07) is 1.87. The van der Waals surface area contributed by atoms with Gasteiger partial charge in [0.05, 0.1) is 0 Å². The Morgan fingerprint density at radius 2 is 1.79 bits per heavy atom. The van der Waals surface area contributed by atoms with Crippen molar-refractivity contribution in [3.8, 4) is 0 Å². The molecule has 1 saturated heterocycles. The number of piperazine rings is 1. The Hall–Kier alpha value is -1.89. The number of aliphatic imine (C=N–C) groups is 1. The molecule has 0 aromatic carbocycles. The number of hydrogen-bond acceptors (Lipinski definition) is 5. The predicted molar refractivity (Wildman–Crippen MR) is 116 cm³/mol. The first-order valence-corrected chi connectivity index (χ1v) is 11.0. The van der Waals surface area contributed by atoms with Crippen molar-refractivity contribution in [2.75, 3.05) is 57.3 Å². The highest BCUT2D eigenvalue weighted by Gasteiger charge is 2.31. The van der Waals surface area contributed by atoms with E-state index in [1.807, 2.05) is 18.5 Å². The summed E-state index contributed by atoms with van der Waals surface area (Å²) in [4.78, 5) is 18.4. The molecule has 2 aliphatic rings. The molecule has 0 spiro atoms. The first-order valence-electron chi connectivity index (χ1n) is 11.0. The third kappa shape index (κ3) is 5.80. The van der Waals surface area contributed by atoms with Gasteiger partial charge in [-0.25, -0.2) is 9.97 Å². The van der Waals surface area contributed by atoms with Crippen LogP contribution in [0, 0.1) is 5.41 Å². The predicted octanol–water partition coefficient (Wildman–Crippen LogP) is 2.12. The molecule has 2 heterocycles. The summed E-state index contributed by atoms with van der Waals surface area (Å²) in [6.45, 7) is 12.3. The van der Waals surface area contributed by atoms with Gasteiger partial charge in [-0.2, -0.15) is 0 Å². The molecule has 2 N–H and O–H groups in total. The number of hydrogen-bond donors (Lipinski definition) is 2. The number of rotatable bonds is 8. The molecule has 2 fully saturated rings. The van der Waals surface area contributed by atoms with Gasteiger partial charge >= 0.3 is 0 Å². The van der Waals surface area contributed by atoms with Crippen molar-refractivity contribution in [3.63, 3.8) is 0 Å². The van der Waals surface area contributed by atoms with Gasteiger partial charge in [-0.15, -0.1) is 0 Å². The first-order chi connectivity index (χ1) is 13.7. The molecular formula is C21H37N7. The summed E-state index contributed by atoms with van der Waals surface area (Å²) in [7, 11) is 0. The van der Waals surface area contributed by atoms with Gasteiger partial charge in [0.15, 0.2) is 5.96 Å². The standard InChI is InChI=1S/C21H37N7/c1-3-21(8-5-6-9-21)18-26-19(22-4-2)23-12-13-27-14-16-28(17-15-27)20-24-10-7-11-25-20/h7,10-11H,3-6,8-9,12-18H2,1-2H3,(H2,22,23,26). The fourth-order valence-electron chi connectivity index (χ4n) is 4.30. The minimum atomic E-state index is 0.443. The Kier molecular flexibility index (Phi) is 7.89. The number of aromatic nitrogens is 2. The van der Waals surface area contributed by atoms with Gasteiger partial charge in [-0.05, 0) is 37.7 Å². The maximum atomic E-state index is 4.92. The van der Waals surface area contributed by atoms with Gasteiger partial charge < -0.3 is 15.5 Å². The molecule has 0 bridgehead atoms. The zero-order valence-corrected chi connectivity index (χ0v) is 17.7. The summed E-state index contributed by atoms with van der Waals surface area (Å²) >= 11 is 0. The van der Waals surface area contributed by atoms with E-state index in [4.69, 9.17) is 4.99 Å². The second-order valence-electron chi connectivity index (χ2n) is 8.06. The van der Waals surface area contributed by atoms with Crippen LogP contribution in [0.2, 0.25) is 0 Å². The van der Waals surface area contributed by atoms with Crippen LogP contribution in [0.15, 0.2) is 23.5 Å². The maximum absolute atomic E-state index is 4.92. The van der Waals surface area contributed by atoms with Gasteiger partial charge in [0.25, 0.3) is 0 Å². The number of anilines is 1. The maximum Gasteiger partial charge on any atom is 0.225 e. The Morgan fingerprint density at radius 1 is 1.07 bits per heavy atom. The van der Waals surface area contributed by atoms with Gasteiger partial charge in [0.2, 0.25) is 5.95 Å². The smallest absolute Gasteiger partial charge is 0.225 e. The molecule has 1 aromatic heterocycles. The summed E-state index contributed by atoms with van der Waals surface area (Å²) in [5.41, 5.74) is 0.443. The highest BCUT2D eigenvalue weighted by atomic mass is 15.3. The van der Waals surface area contributed by atoms with E-state index in [0.717, 1.165) is 64.3 Å². The zero-order valence-electron chi connectivity index (χ0n) is 17.7. The van der Waals surface area contributed by atoms with Gasteiger partial charge in [0, 0.05) is 64.8 Å². The molecule has 156 valence electrons. The van der Waals surface area contributed by atoms with Gasteiger partial charge in [-0.3, -0.25) is 9.89 Å². The van der Waals surface area contributed by atoms with Crippen LogP contribution in [-0.2, 0) is 0 Å². The average Bonchev–Trinajstić information content (AvgIpc) is 3.23. The van der Waals surface area contributed by atoms with Crippen LogP contribution in [0.5, 0.6) is 0 Å². The lowest BCUT2D eigenvalue weighted by Crippen LogP contribution is -2.49. The summed E-state index contributed by atoms with van der Waals surface area (Å²) in [5.74, 6) is 1.82. The molecular weight excluding hydrogens is 350 g/mol. The van der Waals surface area contributed by atoms with E-state index < -0.39 is 0 Å². The molecule has 1 aliphatic heterocycles. The monoisotopic (exact) mass is 387 g/mol. The van der Waals surface area contributed by atoms with E-state index in [-0.39, 0.29) is 0 Å². The Bertz CT molecular complexity index is 590. The number of nitrogens with one attached hydrogen (secondary N) is 2. The topological polar surface area (TPSA) is 68.7 Å². The normalized spacial score (nSPS) is 20.4. The van der Waals surface area contributed by atoms with E-state index in [2.05, 4.69) is 44.2 Å². The summed E-state index contributed by atoms with van der Waals surface area (Å²) < 4.78 is 0. The van der Waals surface area contributed by atoms with Crippen molar-refractivity contribution in [2.45, 2.75) is 46.0 Å². The molecule has 0 radical (unpaired) electrons. The van der Waals surface area contributed by atoms with Crippen molar-refractivity contribution >= 4 is 11.9 Å². The lowest BCUT2D eigenvalue weighted by Gasteiger charge is -2.34. The Balaban J connectivity index is 1.40. The van der Waals surface area contributed by atoms with Crippen LogP contribution >= 0.6 is 0 Å². The largest absolute Gasteiger partial charge is 0.357 e. The average molecular weight is 388 g/mol. The van der Waals surface area contributed by atoms with Crippen LogP contribution in [-0.4, -0.2) is 73.2 Å². The SMILES string of the molecule is CCNC(=NCC1(CC)CCCC1)NCCN1CCN(c2ncccn2)CC1. The third-order valence-corrected chi connectivity index (χ3v) is 6.26. The van der Waals surface area contributed by atoms with Crippen molar-refractivity contribution < 1.29 is 0 Å². The minimum Gasteiger partial charge on any atom is -0.357 e. The molecule has 0 amide bonds. The van der Waals surface area contributed by atoms with Crippen LogP contribution in [0.1, 0.15) is 46.0 Å². The van der Waals surface area contributed by atoms with E-state index in [1.54, 1.807) is 0 Å². The molecule has 1 aromatic rings. The molecule has 28 heavy (non-hydrogen) atoms. The van der Waals surface area contributed by atoms with Crippen LogP contribution in [0.25, 0.3) is 0 Å². The lowest BCUT2D eigenvalue weighted by molar-refractivity contribution is 0.260. The number of nitrogens with zero attached hydrogens (tertiary/aromatic N) is 5. The molecule has 0 unspecified atom stereocenters. The third-order valence-electron chi connectivity index (χ3n) is 6.26. The Morgan fingerprint density at radius 3 is 2.43 bits per heavy atom. The molecule has 1 aliphatic carbocycles. The van der Waals surface area contributed by atoms with Gasteiger partial charge in [-0.1, -0.05) is 19.8 Å². The molecule has 0 atom stereocenters. The second-order valence-corrected chi connectivity index (χ2v) is 8.06. The summed E-state index contributed by atoms with van der Waals surface area (Å²) in [5, 5.41) is 6.94. The van der Waals surface area contributed by atoms with Crippen molar-refractivity contribution in [3.05, 3.63) is 18.5 Å².